The molecule has 0 heterocycles. The molecule has 0 aliphatic heterocycles. The van der Waals surface area contributed by atoms with Crippen molar-refractivity contribution < 1.29 is 4.74 Å². The van der Waals surface area contributed by atoms with E-state index in [0.717, 1.165) is 30.7 Å². The van der Waals surface area contributed by atoms with E-state index in [9.17, 15) is 0 Å². The number of nitrogens with one attached hydrogen (secondary N) is 1. The Balaban J connectivity index is 1.44. The minimum absolute atomic E-state index is 0.354. The molecule has 0 fully saturated rings. The molecular weight excluding hydrogens is 389 g/mol. The minimum atomic E-state index is 0.354. The van der Waals surface area contributed by atoms with Crippen molar-refractivity contribution in [1.82, 2.24) is 5.32 Å². The van der Waals surface area contributed by atoms with Crippen molar-refractivity contribution in [3.05, 3.63) is 99.5 Å². The quantitative estimate of drug-likeness (QED) is 0.422. The Morgan fingerprint density at radius 1 is 0.821 bits per heavy atom. The maximum absolute atomic E-state index is 6.18. The van der Waals surface area contributed by atoms with E-state index in [-0.39, 0.29) is 0 Å². The van der Waals surface area contributed by atoms with Crippen molar-refractivity contribution in [2.45, 2.75) is 39.0 Å². The number of aryl methyl sites for hydroxylation is 1. The van der Waals surface area contributed by atoms with Crippen molar-refractivity contribution in [1.29, 1.82) is 0 Å². The third-order valence-electron chi connectivity index (χ3n) is 4.73. The fourth-order valence-electron chi connectivity index (χ4n) is 2.95. The van der Waals surface area contributed by atoms with E-state index in [2.05, 4.69) is 54.7 Å². The lowest BCUT2D eigenvalue weighted by atomic mass is 10.1. The Labute approximate surface area is 177 Å². The highest BCUT2D eigenvalue weighted by Crippen LogP contribution is 2.26. The lowest BCUT2D eigenvalue weighted by Crippen LogP contribution is -2.25. The second-order valence-corrected chi connectivity index (χ2v) is 7.75. The number of hydrogen-bond acceptors (Lipinski definition) is 2. The fourth-order valence-corrected chi connectivity index (χ4v) is 3.46. The SMILES string of the molecule is CC(CCc1ccccc1)NCc1ccc(OCc2c(Cl)cccc2Cl)cc1. The van der Waals surface area contributed by atoms with Gasteiger partial charge in [-0.3, -0.25) is 0 Å². The van der Waals surface area contributed by atoms with Crippen LogP contribution in [-0.2, 0) is 19.6 Å². The molecule has 3 aromatic carbocycles. The number of rotatable bonds is 9. The van der Waals surface area contributed by atoms with Gasteiger partial charge in [0, 0.05) is 28.2 Å². The summed E-state index contributed by atoms with van der Waals surface area (Å²) < 4.78 is 5.83. The smallest absolute Gasteiger partial charge is 0.119 e. The Morgan fingerprint density at radius 3 is 2.18 bits per heavy atom. The highest BCUT2D eigenvalue weighted by atomic mass is 35.5. The van der Waals surface area contributed by atoms with Gasteiger partial charge in [-0.1, -0.05) is 71.7 Å². The van der Waals surface area contributed by atoms with Crippen LogP contribution in [0.2, 0.25) is 10.0 Å². The topological polar surface area (TPSA) is 21.3 Å². The van der Waals surface area contributed by atoms with E-state index < -0.39 is 0 Å². The summed E-state index contributed by atoms with van der Waals surface area (Å²) in [6.45, 7) is 3.42. The molecule has 2 nitrogen and oxygen atoms in total. The van der Waals surface area contributed by atoms with Crippen LogP contribution in [0.3, 0.4) is 0 Å². The molecule has 3 rings (SSSR count). The van der Waals surface area contributed by atoms with Gasteiger partial charge in [0.2, 0.25) is 0 Å². The maximum Gasteiger partial charge on any atom is 0.119 e. The van der Waals surface area contributed by atoms with Crippen LogP contribution in [0.25, 0.3) is 0 Å². The molecule has 1 unspecified atom stereocenters. The molecule has 0 spiro atoms. The summed E-state index contributed by atoms with van der Waals surface area (Å²) >= 11 is 12.4. The Kier molecular flexibility index (Phi) is 7.79. The van der Waals surface area contributed by atoms with Crippen LogP contribution in [-0.4, -0.2) is 6.04 Å². The molecule has 146 valence electrons. The van der Waals surface area contributed by atoms with Crippen molar-refractivity contribution in [2.24, 2.45) is 0 Å². The fraction of sp³-hybridized carbons (Fsp3) is 0.250. The number of halogens is 2. The third-order valence-corrected chi connectivity index (χ3v) is 5.44. The normalized spacial score (nSPS) is 12.0. The summed E-state index contributed by atoms with van der Waals surface area (Å²) in [5.41, 5.74) is 3.43. The molecule has 0 bridgehead atoms. The zero-order chi connectivity index (χ0) is 19.8. The molecule has 0 radical (unpaired) electrons. The highest BCUT2D eigenvalue weighted by Gasteiger charge is 2.07. The van der Waals surface area contributed by atoms with Crippen LogP contribution in [0.5, 0.6) is 5.75 Å². The molecule has 1 N–H and O–H groups in total. The summed E-state index contributed by atoms with van der Waals surface area (Å²) in [6.07, 6.45) is 2.20. The van der Waals surface area contributed by atoms with Gasteiger partial charge in [0.05, 0.1) is 0 Å². The van der Waals surface area contributed by atoms with Gasteiger partial charge in [-0.25, -0.2) is 0 Å². The van der Waals surface area contributed by atoms with Gasteiger partial charge in [0.15, 0.2) is 0 Å². The van der Waals surface area contributed by atoms with Crippen LogP contribution < -0.4 is 10.1 Å². The molecule has 0 amide bonds. The Morgan fingerprint density at radius 2 is 1.50 bits per heavy atom. The summed E-state index contributed by atoms with van der Waals surface area (Å²) in [5.74, 6) is 0.803. The van der Waals surface area contributed by atoms with E-state index in [1.165, 1.54) is 11.1 Å². The van der Waals surface area contributed by atoms with E-state index in [1.807, 2.05) is 30.3 Å². The van der Waals surface area contributed by atoms with E-state index in [1.54, 1.807) is 0 Å². The predicted molar refractivity (Wildman–Crippen MR) is 118 cm³/mol. The number of benzene rings is 3. The van der Waals surface area contributed by atoms with E-state index in [4.69, 9.17) is 27.9 Å². The first-order valence-corrected chi connectivity index (χ1v) is 10.3. The summed E-state index contributed by atoms with van der Waals surface area (Å²) in [6, 6.07) is 24.7. The standard InChI is InChI=1S/C24H25Cl2NO/c1-18(10-11-19-6-3-2-4-7-19)27-16-20-12-14-21(15-13-20)28-17-22-23(25)8-5-9-24(22)26/h2-9,12-15,18,27H,10-11,16-17H2,1H3. The monoisotopic (exact) mass is 413 g/mol. The minimum Gasteiger partial charge on any atom is -0.489 e. The molecular formula is C24H25Cl2NO. The molecule has 0 saturated carbocycles. The molecule has 0 aliphatic carbocycles. The van der Waals surface area contributed by atoms with Crippen molar-refractivity contribution >= 4 is 23.2 Å². The van der Waals surface area contributed by atoms with Crippen LogP contribution in [0.15, 0.2) is 72.8 Å². The predicted octanol–water partition coefficient (Wildman–Crippen LogP) is 6.68. The first-order valence-electron chi connectivity index (χ1n) is 9.54. The molecule has 0 aliphatic rings. The second-order valence-electron chi connectivity index (χ2n) is 6.94. The average molecular weight is 414 g/mol. The van der Waals surface area contributed by atoms with Gasteiger partial charge in [-0.2, -0.15) is 0 Å². The largest absolute Gasteiger partial charge is 0.489 e. The highest BCUT2D eigenvalue weighted by molar-refractivity contribution is 6.35. The van der Waals surface area contributed by atoms with Crippen molar-refractivity contribution in [3.63, 3.8) is 0 Å². The lowest BCUT2D eigenvalue weighted by Gasteiger charge is -2.14. The second kappa shape index (κ2) is 10.5. The van der Waals surface area contributed by atoms with Crippen LogP contribution in [0.4, 0.5) is 0 Å². The molecule has 3 aromatic rings. The van der Waals surface area contributed by atoms with Gasteiger partial charge in [-0.05, 0) is 55.2 Å². The molecule has 1 atom stereocenters. The van der Waals surface area contributed by atoms with Crippen molar-refractivity contribution in [3.8, 4) is 5.75 Å². The van der Waals surface area contributed by atoms with Crippen LogP contribution in [0, 0.1) is 0 Å². The van der Waals surface area contributed by atoms with E-state index in [0.29, 0.717) is 22.7 Å². The summed E-state index contributed by atoms with van der Waals surface area (Å²) in [4.78, 5) is 0. The molecule has 4 heteroatoms. The van der Waals surface area contributed by atoms with Crippen LogP contribution in [0.1, 0.15) is 30.0 Å². The zero-order valence-electron chi connectivity index (χ0n) is 16.0. The Hall–Kier alpha value is -2.00. The van der Waals surface area contributed by atoms with Crippen molar-refractivity contribution in [2.75, 3.05) is 0 Å². The molecule has 0 saturated heterocycles. The van der Waals surface area contributed by atoms with Gasteiger partial charge in [0.1, 0.15) is 12.4 Å². The number of ether oxygens (including phenoxy) is 1. The maximum atomic E-state index is 6.18. The van der Waals surface area contributed by atoms with Gasteiger partial charge >= 0.3 is 0 Å². The lowest BCUT2D eigenvalue weighted by molar-refractivity contribution is 0.306. The van der Waals surface area contributed by atoms with Gasteiger partial charge in [-0.15, -0.1) is 0 Å². The molecule has 0 aromatic heterocycles. The summed E-state index contributed by atoms with van der Waals surface area (Å²) in [5, 5.41) is 4.83. The first kappa shape index (κ1) is 20.7. The summed E-state index contributed by atoms with van der Waals surface area (Å²) in [7, 11) is 0. The number of hydrogen-bond donors (Lipinski definition) is 1. The third kappa shape index (κ3) is 6.27. The van der Waals surface area contributed by atoms with Crippen LogP contribution >= 0.6 is 23.2 Å². The Bertz CT molecular complexity index is 845. The van der Waals surface area contributed by atoms with E-state index >= 15 is 0 Å². The van der Waals surface area contributed by atoms with Gasteiger partial charge < -0.3 is 10.1 Å². The molecule has 28 heavy (non-hydrogen) atoms. The average Bonchev–Trinajstić information content (AvgIpc) is 2.72. The zero-order valence-corrected chi connectivity index (χ0v) is 17.5. The van der Waals surface area contributed by atoms with Gasteiger partial charge in [0.25, 0.3) is 0 Å². The first-order chi connectivity index (χ1) is 13.6.